The summed E-state index contributed by atoms with van der Waals surface area (Å²) in [5, 5.41) is 4.67. The first kappa shape index (κ1) is 30.3. The molecule has 0 unspecified atom stereocenters. The summed E-state index contributed by atoms with van der Waals surface area (Å²) in [7, 11) is 0. The van der Waals surface area contributed by atoms with Crippen LogP contribution in [0.5, 0.6) is 0 Å². The van der Waals surface area contributed by atoms with Crippen molar-refractivity contribution in [2.75, 3.05) is 0 Å². The second kappa shape index (κ2) is 14.7. The Morgan fingerprint density at radius 2 is 1.63 bits per heavy atom. The summed E-state index contributed by atoms with van der Waals surface area (Å²) in [5.41, 5.74) is 5.37. The van der Waals surface area contributed by atoms with Gasteiger partial charge in [0.15, 0.2) is 0 Å². The van der Waals surface area contributed by atoms with Crippen molar-refractivity contribution in [3.05, 3.63) is 131 Å². The Kier molecular flexibility index (Phi) is 8.76. The third-order valence-corrected chi connectivity index (χ3v) is 8.53. The molecular weight excluding hydrogens is 822 g/mol. The van der Waals surface area contributed by atoms with Gasteiger partial charge in [0.25, 0.3) is 0 Å². The van der Waals surface area contributed by atoms with Crippen LogP contribution in [0.15, 0.2) is 89.6 Å². The molecule has 3 aromatic heterocycles. The summed E-state index contributed by atoms with van der Waals surface area (Å²) in [5.74, 6) is 0.610. The zero-order valence-corrected chi connectivity index (χ0v) is 31.5. The zero-order valence-electron chi connectivity index (χ0n) is 35.1. The van der Waals surface area contributed by atoms with Gasteiger partial charge in [0.05, 0.1) is 5.56 Å². The number of fused-ring (bicyclic) bond motifs is 4. The number of furan rings is 1. The van der Waals surface area contributed by atoms with E-state index in [9.17, 15) is 13.2 Å². The fourth-order valence-corrected chi connectivity index (χ4v) is 6.17. The fourth-order valence-electron chi connectivity index (χ4n) is 6.17. The Labute approximate surface area is 320 Å². The van der Waals surface area contributed by atoms with E-state index in [0.717, 1.165) is 56.6 Å². The molecule has 0 amide bonds. The van der Waals surface area contributed by atoms with Gasteiger partial charge in [-0.3, -0.25) is 4.98 Å². The second-order valence-corrected chi connectivity index (χ2v) is 14.0. The van der Waals surface area contributed by atoms with Crippen LogP contribution in [-0.2, 0) is 38.1 Å². The predicted molar refractivity (Wildman–Crippen MR) is 198 cm³/mol. The minimum atomic E-state index is -4.84. The van der Waals surface area contributed by atoms with Crippen LogP contribution in [-0.4, -0.2) is 9.97 Å². The average Bonchev–Trinajstić information content (AvgIpc) is 3.49. The summed E-state index contributed by atoms with van der Waals surface area (Å²) < 4.78 is 89.0. The van der Waals surface area contributed by atoms with E-state index in [1.54, 1.807) is 0 Å². The molecule has 265 valence electrons. The van der Waals surface area contributed by atoms with Crippen LogP contribution in [0.2, 0.25) is 0 Å². The largest absolute Gasteiger partial charge is 0.462 e. The molecule has 0 bridgehead atoms. The van der Waals surface area contributed by atoms with Crippen LogP contribution in [0, 0.1) is 38.7 Å². The average molecular weight is 869 g/mol. The Hall–Kier alpha value is -4.32. The molecule has 3 nitrogen and oxygen atoms in total. The fraction of sp³-hybridized carbons (Fsp3) is 0.273. The number of nitrogens with zero attached hydrogens (tertiary/aromatic N) is 2. The van der Waals surface area contributed by atoms with Gasteiger partial charge in [0.1, 0.15) is 11.2 Å². The van der Waals surface area contributed by atoms with Crippen LogP contribution in [0.4, 0.5) is 13.2 Å². The van der Waals surface area contributed by atoms with Crippen molar-refractivity contribution in [3.63, 3.8) is 0 Å². The van der Waals surface area contributed by atoms with Crippen molar-refractivity contribution < 1.29 is 45.9 Å². The van der Waals surface area contributed by atoms with Gasteiger partial charge in [0.2, 0.25) is 0 Å². The van der Waals surface area contributed by atoms with Gasteiger partial charge in [-0.15, -0.1) is 64.5 Å². The molecule has 0 aliphatic carbocycles. The molecule has 51 heavy (non-hydrogen) atoms. The summed E-state index contributed by atoms with van der Waals surface area (Å²) in [4.78, 5) is 8.49. The topological polar surface area (TPSA) is 38.9 Å². The molecule has 0 aliphatic rings. The molecule has 0 saturated heterocycles. The van der Waals surface area contributed by atoms with Gasteiger partial charge in [-0.25, -0.2) is 0 Å². The molecule has 4 aromatic carbocycles. The van der Waals surface area contributed by atoms with Crippen LogP contribution in [0.3, 0.4) is 0 Å². The summed E-state index contributed by atoms with van der Waals surface area (Å²) in [6.45, 7) is 8.07. The predicted octanol–water partition coefficient (Wildman–Crippen LogP) is 12.6. The van der Waals surface area contributed by atoms with E-state index in [0.29, 0.717) is 12.1 Å². The molecule has 1 radical (unpaired) electrons. The van der Waals surface area contributed by atoms with E-state index in [1.807, 2.05) is 6.20 Å². The van der Waals surface area contributed by atoms with Gasteiger partial charge in [-0.05, 0) is 60.0 Å². The molecule has 7 heteroatoms. The first-order valence-corrected chi connectivity index (χ1v) is 16.4. The quantitative estimate of drug-likeness (QED) is 0.165. The molecule has 0 aliphatic heterocycles. The van der Waals surface area contributed by atoms with E-state index in [2.05, 4.69) is 107 Å². The maximum Gasteiger partial charge on any atom is 0.418 e. The molecule has 7 rings (SSSR count). The molecule has 0 fully saturated rings. The number of pyridine rings is 2. The molecular formula is C44H41F3IrN2O-2. The third-order valence-electron chi connectivity index (χ3n) is 8.53. The Balaban J connectivity index is 0.000000223. The number of aromatic nitrogens is 2. The van der Waals surface area contributed by atoms with Gasteiger partial charge in [-0.2, -0.15) is 13.2 Å². The Bertz CT molecular complexity index is 2550. The van der Waals surface area contributed by atoms with E-state index < -0.39 is 31.0 Å². The molecule has 3 heterocycles. The maximum absolute atomic E-state index is 12.9. The summed E-state index contributed by atoms with van der Waals surface area (Å²) >= 11 is 0. The second-order valence-electron chi connectivity index (χ2n) is 14.0. The number of hydrogen-bond acceptors (Lipinski definition) is 3. The minimum Gasteiger partial charge on any atom is -0.462 e. The van der Waals surface area contributed by atoms with Gasteiger partial charge >= 0.3 is 6.18 Å². The number of alkyl halides is 3. The Morgan fingerprint density at radius 1 is 0.843 bits per heavy atom. The van der Waals surface area contributed by atoms with Crippen molar-refractivity contribution in [1.29, 1.82) is 0 Å². The third kappa shape index (κ3) is 8.11. The van der Waals surface area contributed by atoms with Crippen LogP contribution in [0.25, 0.3) is 55.2 Å². The van der Waals surface area contributed by atoms with E-state index in [-0.39, 0.29) is 42.3 Å². The van der Waals surface area contributed by atoms with Crippen molar-refractivity contribution in [2.45, 2.75) is 73.3 Å². The summed E-state index contributed by atoms with van der Waals surface area (Å²) in [6, 6.07) is 28.2. The van der Waals surface area contributed by atoms with Gasteiger partial charge in [0, 0.05) is 57.2 Å². The standard InChI is InChI=1S/C30H30NO.C14H11F3N.Ir/c1-18(2)13-20-11-12-24-26(14-20)32-29-27(24)19(3)17-31-28(29)22-15-21-9-7-8-10-23(21)25(16-22)30(4,5)6;1-9-3-5-11(6-4-9)13-7-10(2)12(8-18-13)14(15,16)17;/h7-12,14,16-18H,13H2,1-6H3;3-5,7-8H,1-2H3;/q2*-1;/i;1D3,2D3;. The van der Waals surface area contributed by atoms with Crippen LogP contribution in [0.1, 0.15) is 76.2 Å². The SMILES string of the molecule is Cc1cnc(-c2[c-]c3ccccc3c(C(C)(C)C)c2)c2oc3cc(CC(C)C)ccc3c12.[2H]C([2H])([2H])c1c[c-]c(-c2cc(C([2H])([2H])[2H])c(C(F)(F)F)cn2)cc1.[Ir]. The molecule has 0 saturated carbocycles. The number of hydrogen-bond donors (Lipinski definition) is 0. The summed E-state index contributed by atoms with van der Waals surface area (Å²) in [6.07, 6.45) is -1.37. The number of benzene rings is 4. The van der Waals surface area contributed by atoms with Gasteiger partial charge in [-0.1, -0.05) is 88.8 Å². The smallest absolute Gasteiger partial charge is 0.418 e. The molecule has 0 spiro atoms. The minimum absolute atomic E-state index is 0. The van der Waals surface area contributed by atoms with E-state index >= 15 is 0 Å². The Morgan fingerprint density at radius 3 is 2.29 bits per heavy atom. The van der Waals surface area contributed by atoms with E-state index in [4.69, 9.17) is 17.6 Å². The van der Waals surface area contributed by atoms with Crippen molar-refractivity contribution in [3.8, 4) is 22.5 Å². The maximum atomic E-state index is 12.9. The van der Waals surface area contributed by atoms with Crippen LogP contribution >= 0.6 is 0 Å². The number of halogens is 3. The molecule has 0 atom stereocenters. The molecule has 7 aromatic rings. The monoisotopic (exact) mass is 869 g/mol. The van der Waals surface area contributed by atoms with Crippen LogP contribution < -0.4 is 0 Å². The zero-order chi connectivity index (χ0) is 41.0. The first-order chi connectivity index (χ1) is 26.0. The van der Waals surface area contributed by atoms with Crippen molar-refractivity contribution >= 4 is 32.7 Å². The van der Waals surface area contributed by atoms with Crippen molar-refractivity contribution in [1.82, 2.24) is 9.97 Å². The number of rotatable bonds is 4. The number of aryl methyl sites for hydroxylation is 3. The normalized spacial score (nSPS) is 14.2. The van der Waals surface area contributed by atoms with Crippen molar-refractivity contribution in [2.24, 2.45) is 5.92 Å². The van der Waals surface area contributed by atoms with Gasteiger partial charge < -0.3 is 9.40 Å². The molecule has 0 N–H and O–H groups in total. The first-order valence-electron chi connectivity index (χ1n) is 19.4. The van der Waals surface area contributed by atoms with E-state index in [1.165, 1.54) is 34.7 Å².